The van der Waals surface area contributed by atoms with Gasteiger partial charge in [0.05, 0.1) is 6.54 Å². The summed E-state index contributed by atoms with van der Waals surface area (Å²) >= 11 is 0. The molecule has 0 radical (unpaired) electrons. The molecule has 0 unspecified atom stereocenters. The second kappa shape index (κ2) is 10.8. The first-order chi connectivity index (χ1) is 12.6. The number of carbonyl (C=O) groups excluding carboxylic acids is 1. The quantitative estimate of drug-likeness (QED) is 0.579. The molecule has 1 amide bonds. The number of guanidine groups is 1. The molecule has 1 aromatic rings. The second-order valence-electron chi connectivity index (χ2n) is 6.77. The molecule has 0 aliphatic carbocycles. The summed E-state index contributed by atoms with van der Waals surface area (Å²) in [5.74, 6) is 1.39. The molecule has 1 saturated heterocycles. The van der Waals surface area contributed by atoms with E-state index in [4.69, 9.17) is 4.74 Å². The number of hydrogen-bond donors (Lipinski definition) is 2. The van der Waals surface area contributed by atoms with Crippen LogP contribution in [0.1, 0.15) is 31.7 Å². The first kappa shape index (κ1) is 20.2. The minimum Gasteiger partial charge on any atom is -0.381 e. The highest BCUT2D eigenvalue weighted by atomic mass is 16.5. The van der Waals surface area contributed by atoms with Gasteiger partial charge >= 0.3 is 0 Å². The lowest BCUT2D eigenvalue weighted by Gasteiger charge is -2.26. The lowest BCUT2D eigenvalue weighted by atomic mass is 9.96. The highest BCUT2D eigenvalue weighted by Crippen LogP contribution is 2.18. The molecule has 1 heterocycles. The van der Waals surface area contributed by atoms with Crippen LogP contribution >= 0.6 is 0 Å². The van der Waals surface area contributed by atoms with Gasteiger partial charge in [-0.25, -0.2) is 0 Å². The number of amides is 1. The molecule has 144 valence electrons. The summed E-state index contributed by atoms with van der Waals surface area (Å²) in [5.41, 5.74) is 2.04. The molecule has 26 heavy (non-hydrogen) atoms. The van der Waals surface area contributed by atoms with Crippen molar-refractivity contribution in [1.82, 2.24) is 10.2 Å². The maximum atomic E-state index is 12.2. The smallest absolute Gasteiger partial charge is 0.243 e. The van der Waals surface area contributed by atoms with E-state index >= 15 is 0 Å². The second-order valence-corrected chi connectivity index (χ2v) is 6.77. The van der Waals surface area contributed by atoms with Crippen LogP contribution in [0.5, 0.6) is 0 Å². The van der Waals surface area contributed by atoms with Crippen LogP contribution < -0.4 is 10.6 Å². The first-order valence-corrected chi connectivity index (χ1v) is 9.50. The highest BCUT2D eigenvalue weighted by molar-refractivity contribution is 5.95. The van der Waals surface area contributed by atoms with Gasteiger partial charge in [0.25, 0.3) is 0 Å². The molecule has 1 aliphatic heterocycles. The third-order valence-electron chi connectivity index (χ3n) is 4.81. The van der Waals surface area contributed by atoms with Crippen LogP contribution in [0.25, 0.3) is 0 Å². The van der Waals surface area contributed by atoms with Crippen molar-refractivity contribution < 1.29 is 9.53 Å². The number of rotatable bonds is 7. The molecule has 1 aromatic carbocycles. The summed E-state index contributed by atoms with van der Waals surface area (Å²) in [4.78, 5) is 18.6. The zero-order valence-corrected chi connectivity index (χ0v) is 16.3. The molecule has 1 aliphatic rings. The van der Waals surface area contributed by atoms with E-state index < -0.39 is 0 Å². The highest BCUT2D eigenvalue weighted by Gasteiger charge is 2.15. The fraction of sp³-hybridized carbons (Fsp3) is 0.600. The summed E-state index contributed by atoms with van der Waals surface area (Å²) in [7, 11) is 3.76. The molecule has 0 bridgehead atoms. The summed E-state index contributed by atoms with van der Waals surface area (Å²) in [6.45, 7) is 4.97. The Bertz CT molecular complexity index is 597. The van der Waals surface area contributed by atoms with Crippen molar-refractivity contribution in [2.45, 2.75) is 32.6 Å². The monoisotopic (exact) mass is 360 g/mol. The molecule has 0 spiro atoms. The molecule has 2 N–H and O–H groups in total. The van der Waals surface area contributed by atoms with Crippen LogP contribution in [0.2, 0.25) is 0 Å². The maximum Gasteiger partial charge on any atom is 0.243 e. The largest absolute Gasteiger partial charge is 0.381 e. The van der Waals surface area contributed by atoms with Crippen LogP contribution in [0, 0.1) is 5.92 Å². The number of benzene rings is 1. The van der Waals surface area contributed by atoms with Gasteiger partial charge in [0.2, 0.25) is 5.91 Å². The van der Waals surface area contributed by atoms with Crippen molar-refractivity contribution in [3.8, 4) is 0 Å². The molecule has 6 nitrogen and oxygen atoms in total. The molecular formula is C20H32N4O2. The Labute approximate surface area is 157 Å². The van der Waals surface area contributed by atoms with E-state index in [-0.39, 0.29) is 12.5 Å². The molecule has 1 fully saturated rings. The Morgan fingerprint density at radius 3 is 2.81 bits per heavy atom. The van der Waals surface area contributed by atoms with E-state index in [1.54, 1.807) is 7.05 Å². The predicted octanol–water partition coefficient (Wildman–Crippen LogP) is 2.51. The normalized spacial score (nSPS) is 15.6. The SMILES string of the molecule is CCc1cccc(NC(=O)CNC(=NC)N(C)CCC2CCOCC2)c1. The molecule has 0 saturated carbocycles. The molecular weight excluding hydrogens is 328 g/mol. The van der Waals surface area contributed by atoms with Gasteiger partial charge in [-0.05, 0) is 49.3 Å². The molecule has 6 heteroatoms. The van der Waals surface area contributed by atoms with Crippen molar-refractivity contribution in [2.75, 3.05) is 45.7 Å². The zero-order valence-electron chi connectivity index (χ0n) is 16.3. The third-order valence-corrected chi connectivity index (χ3v) is 4.81. The lowest BCUT2D eigenvalue weighted by molar-refractivity contribution is -0.115. The summed E-state index contributed by atoms with van der Waals surface area (Å²) in [5, 5.41) is 6.07. The standard InChI is InChI=1S/C20H32N4O2/c1-4-16-6-5-7-18(14-16)23-19(25)15-22-20(21-2)24(3)11-8-17-9-12-26-13-10-17/h5-7,14,17H,4,8-13,15H2,1-3H3,(H,21,22)(H,23,25). The van der Waals surface area contributed by atoms with Gasteiger partial charge in [0, 0.05) is 39.5 Å². The van der Waals surface area contributed by atoms with Crippen LogP contribution in [-0.2, 0) is 16.0 Å². The van der Waals surface area contributed by atoms with Gasteiger partial charge in [-0.15, -0.1) is 0 Å². The van der Waals surface area contributed by atoms with Crippen molar-refractivity contribution in [2.24, 2.45) is 10.9 Å². The van der Waals surface area contributed by atoms with E-state index in [0.717, 1.165) is 63.0 Å². The van der Waals surface area contributed by atoms with E-state index in [9.17, 15) is 4.79 Å². The number of nitrogens with one attached hydrogen (secondary N) is 2. The fourth-order valence-corrected chi connectivity index (χ4v) is 3.14. The number of aryl methyl sites for hydroxylation is 1. The molecule has 0 atom stereocenters. The lowest BCUT2D eigenvalue weighted by Crippen LogP contribution is -2.43. The number of nitrogens with zero attached hydrogens (tertiary/aromatic N) is 2. The van der Waals surface area contributed by atoms with E-state index in [1.165, 1.54) is 5.56 Å². The average molecular weight is 361 g/mol. The number of anilines is 1. The van der Waals surface area contributed by atoms with E-state index in [2.05, 4.69) is 33.5 Å². The van der Waals surface area contributed by atoms with Crippen LogP contribution in [0.15, 0.2) is 29.3 Å². The van der Waals surface area contributed by atoms with E-state index in [1.807, 2.05) is 25.2 Å². The van der Waals surface area contributed by atoms with Gasteiger partial charge in [0.15, 0.2) is 5.96 Å². The zero-order chi connectivity index (χ0) is 18.8. The number of ether oxygens (including phenoxy) is 1. The van der Waals surface area contributed by atoms with Gasteiger partial charge in [0.1, 0.15) is 0 Å². The van der Waals surface area contributed by atoms with Crippen molar-refractivity contribution in [3.63, 3.8) is 0 Å². The van der Waals surface area contributed by atoms with Gasteiger partial charge in [-0.1, -0.05) is 19.1 Å². The van der Waals surface area contributed by atoms with Gasteiger partial charge in [-0.3, -0.25) is 9.79 Å². The van der Waals surface area contributed by atoms with Crippen LogP contribution in [0.3, 0.4) is 0 Å². The minimum atomic E-state index is -0.0720. The fourth-order valence-electron chi connectivity index (χ4n) is 3.14. The van der Waals surface area contributed by atoms with Crippen molar-refractivity contribution >= 4 is 17.6 Å². The summed E-state index contributed by atoms with van der Waals surface area (Å²) < 4.78 is 5.41. The summed E-state index contributed by atoms with van der Waals surface area (Å²) in [6.07, 6.45) is 4.35. The Morgan fingerprint density at radius 2 is 2.12 bits per heavy atom. The Morgan fingerprint density at radius 1 is 1.35 bits per heavy atom. The van der Waals surface area contributed by atoms with Crippen LogP contribution in [-0.4, -0.2) is 57.2 Å². The molecule has 2 rings (SSSR count). The summed E-state index contributed by atoms with van der Waals surface area (Å²) in [6, 6.07) is 7.94. The van der Waals surface area contributed by atoms with Gasteiger partial charge < -0.3 is 20.3 Å². The number of hydrogen-bond acceptors (Lipinski definition) is 3. The Hall–Kier alpha value is -2.08. The Kier molecular flexibility index (Phi) is 8.41. The number of aliphatic imine (C=N–C) groups is 1. The predicted molar refractivity (Wildman–Crippen MR) is 107 cm³/mol. The number of carbonyl (C=O) groups is 1. The topological polar surface area (TPSA) is 66.0 Å². The van der Waals surface area contributed by atoms with Crippen LogP contribution in [0.4, 0.5) is 5.69 Å². The average Bonchev–Trinajstić information content (AvgIpc) is 2.67. The van der Waals surface area contributed by atoms with Crippen molar-refractivity contribution in [1.29, 1.82) is 0 Å². The minimum absolute atomic E-state index is 0.0720. The van der Waals surface area contributed by atoms with Gasteiger partial charge in [-0.2, -0.15) is 0 Å². The Balaban J connectivity index is 1.75. The molecule has 0 aromatic heterocycles. The maximum absolute atomic E-state index is 12.2. The van der Waals surface area contributed by atoms with Crippen molar-refractivity contribution in [3.05, 3.63) is 29.8 Å². The van der Waals surface area contributed by atoms with E-state index in [0.29, 0.717) is 0 Å². The third kappa shape index (κ3) is 6.67. The first-order valence-electron chi connectivity index (χ1n) is 9.50.